The highest BCUT2D eigenvalue weighted by atomic mass is 35.5. The van der Waals surface area contributed by atoms with Crippen molar-refractivity contribution in [2.24, 2.45) is 0 Å². The Hall–Kier alpha value is -0.230. The molecule has 0 heterocycles. The zero-order chi connectivity index (χ0) is 6.57. The molecule has 0 aromatic heterocycles. The average molecular weight is 131 g/mol. The van der Waals surface area contributed by atoms with Crippen molar-refractivity contribution in [3.8, 4) is 0 Å². The van der Waals surface area contributed by atoms with Gasteiger partial charge in [-0.1, -0.05) is 23.8 Å². The molecule has 46 valence electrons. The first-order valence-corrected chi connectivity index (χ1v) is 3.02. The summed E-state index contributed by atoms with van der Waals surface area (Å²) in [4.78, 5) is 0. The lowest BCUT2D eigenvalue weighted by Gasteiger charge is -1.89. The third kappa shape index (κ3) is 2.86. The molecule has 0 bridgehead atoms. The lowest BCUT2D eigenvalue weighted by atomic mass is 10.3. The average Bonchev–Trinajstić information content (AvgIpc) is 1.67. The van der Waals surface area contributed by atoms with Crippen molar-refractivity contribution in [3.05, 3.63) is 22.8 Å². The van der Waals surface area contributed by atoms with E-state index in [2.05, 4.69) is 0 Å². The van der Waals surface area contributed by atoms with Gasteiger partial charge in [0.25, 0.3) is 0 Å². The van der Waals surface area contributed by atoms with Crippen LogP contribution < -0.4 is 0 Å². The number of hydrogen-bond acceptors (Lipinski definition) is 0. The summed E-state index contributed by atoms with van der Waals surface area (Å²) in [6.45, 7) is 5.85. The van der Waals surface area contributed by atoms with Crippen molar-refractivity contribution in [2.45, 2.75) is 20.8 Å². The Morgan fingerprint density at radius 1 is 1.38 bits per heavy atom. The zero-order valence-electron chi connectivity index (χ0n) is 5.53. The van der Waals surface area contributed by atoms with Gasteiger partial charge >= 0.3 is 0 Å². The summed E-state index contributed by atoms with van der Waals surface area (Å²) in [5.74, 6) is 0. The first-order valence-electron chi connectivity index (χ1n) is 2.64. The van der Waals surface area contributed by atoms with Crippen LogP contribution in [0.2, 0.25) is 0 Å². The minimum atomic E-state index is 0.864. The van der Waals surface area contributed by atoms with Crippen LogP contribution in [-0.2, 0) is 0 Å². The number of hydrogen-bond donors (Lipinski definition) is 0. The van der Waals surface area contributed by atoms with Crippen LogP contribution in [0.4, 0.5) is 0 Å². The van der Waals surface area contributed by atoms with Crippen molar-refractivity contribution in [3.63, 3.8) is 0 Å². The van der Waals surface area contributed by atoms with Gasteiger partial charge in [0.05, 0.1) is 0 Å². The molecular weight excluding hydrogens is 120 g/mol. The zero-order valence-corrected chi connectivity index (χ0v) is 6.29. The predicted molar refractivity (Wildman–Crippen MR) is 39.0 cm³/mol. The van der Waals surface area contributed by atoms with E-state index in [4.69, 9.17) is 11.6 Å². The SMILES string of the molecule is C/C=C\C(C)=C(/C)Cl. The number of allylic oxidation sites excluding steroid dienone is 4. The molecule has 0 aromatic rings. The fourth-order valence-electron chi connectivity index (χ4n) is 0.365. The Kier molecular flexibility index (Phi) is 3.63. The fraction of sp³-hybridized carbons (Fsp3) is 0.429. The van der Waals surface area contributed by atoms with Gasteiger partial charge in [0.2, 0.25) is 0 Å². The van der Waals surface area contributed by atoms with Crippen LogP contribution in [0.15, 0.2) is 22.8 Å². The normalized spacial score (nSPS) is 14.5. The van der Waals surface area contributed by atoms with E-state index in [1.165, 1.54) is 0 Å². The van der Waals surface area contributed by atoms with Crippen LogP contribution in [0.3, 0.4) is 0 Å². The molecule has 0 saturated heterocycles. The van der Waals surface area contributed by atoms with Crippen LogP contribution in [-0.4, -0.2) is 0 Å². The summed E-state index contributed by atoms with van der Waals surface area (Å²) < 4.78 is 0. The van der Waals surface area contributed by atoms with Crippen LogP contribution in [0.5, 0.6) is 0 Å². The van der Waals surface area contributed by atoms with Crippen molar-refractivity contribution in [1.82, 2.24) is 0 Å². The molecule has 0 nitrogen and oxygen atoms in total. The second-order valence-corrected chi connectivity index (χ2v) is 2.28. The molecule has 0 aromatic carbocycles. The Bertz CT molecular complexity index is 116. The first kappa shape index (κ1) is 7.77. The molecule has 0 unspecified atom stereocenters. The molecular formula is C7H11Cl. The van der Waals surface area contributed by atoms with Gasteiger partial charge in [0.1, 0.15) is 0 Å². The van der Waals surface area contributed by atoms with Crippen LogP contribution in [0.1, 0.15) is 20.8 Å². The number of halogens is 1. The van der Waals surface area contributed by atoms with E-state index in [1.807, 2.05) is 32.9 Å². The summed E-state index contributed by atoms with van der Waals surface area (Å²) in [5, 5.41) is 0.864. The summed E-state index contributed by atoms with van der Waals surface area (Å²) in [6, 6.07) is 0. The minimum Gasteiger partial charge on any atom is -0.0892 e. The summed E-state index contributed by atoms with van der Waals surface area (Å²) in [7, 11) is 0. The summed E-state index contributed by atoms with van der Waals surface area (Å²) in [5.41, 5.74) is 1.13. The maximum Gasteiger partial charge on any atom is 0.0179 e. The molecule has 0 N–H and O–H groups in total. The Morgan fingerprint density at radius 2 is 1.88 bits per heavy atom. The van der Waals surface area contributed by atoms with E-state index in [-0.39, 0.29) is 0 Å². The van der Waals surface area contributed by atoms with Crippen molar-refractivity contribution >= 4 is 11.6 Å². The quantitative estimate of drug-likeness (QED) is 0.479. The van der Waals surface area contributed by atoms with Crippen LogP contribution in [0, 0.1) is 0 Å². The molecule has 0 spiro atoms. The topological polar surface area (TPSA) is 0 Å². The van der Waals surface area contributed by atoms with Crippen LogP contribution >= 0.6 is 11.6 Å². The highest BCUT2D eigenvalue weighted by Gasteiger charge is 1.83. The van der Waals surface area contributed by atoms with Gasteiger partial charge in [-0.2, -0.15) is 0 Å². The lowest BCUT2D eigenvalue weighted by Crippen LogP contribution is -1.67. The maximum absolute atomic E-state index is 5.64. The summed E-state index contributed by atoms with van der Waals surface area (Å²) in [6.07, 6.45) is 3.96. The van der Waals surface area contributed by atoms with E-state index in [9.17, 15) is 0 Å². The minimum absolute atomic E-state index is 0.864. The Labute approximate surface area is 55.9 Å². The predicted octanol–water partition coefficient (Wildman–Crippen LogP) is 3.10. The molecule has 0 aliphatic carbocycles. The third-order valence-corrected chi connectivity index (χ3v) is 1.26. The van der Waals surface area contributed by atoms with E-state index < -0.39 is 0 Å². The molecule has 0 atom stereocenters. The molecule has 0 aliphatic rings. The van der Waals surface area contributed by atoms with E-state index >= 15 is 0 Å². The monoisotopic (exact) mass is 130 g/mol. The maximum atomic E-state index is 5.64. The van der Waals surface area contributed by atoms with E-state index in [0.29, 0.717) is 0 Å². The van der Waals surface area contributed by atoms with E-state index in [1.54, 1.807) is 0 Å². The van der Waals surface area contributed by atoms with Crippen molar-refractivity contribution in [2.75, 3.05) is 0 Å². The molecule has 0 radical (unpaired) electrons. The van der Waals surface area contributed by atoms with Crippen molar-refractivity contribution < 1.29 is 0 Å². The van der Waals surface area contributed by atoms with Gasteiger partial charge < -0.3 is 0 Å². The molecule has 0 fully saturated rings. The molecule has 0 amide bonds. The van der Waals surface area contributed by atoms with Gasteiger partial charge in [-0.05, 0) is 26.3 Å². The largest absolute Gasteiger partial charge is 0.0892 e. The molecule has 1 heteroatoms. The smallest absolute Gasteiger partial charge is 0.0179 e. The standard InChI is InChI=1S/C7H11Cl/c1-4-5-6(2)7(3)8/h4-5H,1-3H3/b5-4-,7-6+. The highest BCUT2D eigenvalue weighted by Crippen LogP contribution is 2.07. The van der Waals surface area contributed by atoms with Gasteiger partial charge in [0, 0.05) is 5.03 Å². The Balaban J connectivity index is 4.00. The van der Waals surface area contributed by atoms with E-state index in [0.717, 1.165) is 10.6 Å². The molecule has 0 aliphatic heterocycles. The molecule has 0 rings (SSSR count). The third-order valence-electron chi connectivity index (χ3n) is 0.960. The number of rotatable bonds is 1. The second kappa shape index (κ2) is 3.73. The van der Waals surface area contributed by atoms with Gasteiger partial charge in [-0.25, -0.2) is 0 Å². The van der Waals surface area contributed by atoms with Gasteiger partial charge in [0.15, 0.2) is 0 Å². The van der Waals surface area contributed by atoms with Crippen LogP contribution in [0.25, 0.3) is 0 Å². The highest BCUT2D eigenvalue weighted by molar-refractivity contribution is 6.29. The van der Waals surface area contributed by atoms with Crippen molar-refractivity contribution in [1.29, 1.82) is 0 Å². The Morgan fingerprint density at radius 3 is 2.00 bits per heavy atom. The lowest BCUT2D eigenvalue weighted by molar-refractivity contribution is 1.43. The summed E-state index contributed by atoms with van der Waals surface area (Å²) >= 11 is 5.64. The molecule has 0 saturated carbocycles. The fourth-order valence-corrected chi connectivity index (χ4v) is 0.428. The molecule has 8 heavy (non-hydrogen) atoms. The second-order valence-electron chi connectivity index (χ2n) is 1.72. The van der Waals surface area contributed by atoms with Gasteiger partial charge in [-0.15, -0.1) is 0 Å². The van der Waals surface area contributed by atoms with Gasteiger partial charge in [-0.3, -0.25) is 0 Å². The first-order chi connectivity index (χ1) is 3.68.